The predicted octanol–water partition coefficient (Wildman–Crippen LogP) is 2.35. The maximum atomic E-state index is 13.3. The molecule has 0 atom stereocenters. The number of nitrogens with zero attached hydrogens (tertiary/aromatic N) is 1. The molecule has 0 aliphatic carbocycles. The van der Waals surface area contributed by atoms with Gasteiger partial charge in [0.2, 0.25) is 10.0 Å². The molecule has 0 amide bonds. The standard InChI is InChI=1S/C11H14BrFN2O2S/c12-8-6-11(10(14)7-9(8)13)18(16,17)15-4-2-1-3-5-15/h6-7H,1-5,14H2. The Hall–Kier alpha value is -0.660. The average molecular weight is 337 g/mol. The van der Waals surface area contributed by atoms with Crippen LogP contribution in [0.15, 0.2) is 21.5 Å². The van der Waals surface area contributed by atoms with Crippen LogP contribution in [0.2, 0.25) is 0 Å². The summed E-state index contributed by atoms with van der Waals surface area (Å²) in [7, 11) is -3.62. The fourth-order valence-electron chi connectivity index (χ4n) is 2.01. The van der Waals surface area contributed by atoms with Gasteiger partial charge in [0, 0.05) is 13.1 Å². The first kappa shape index (κ1) is 13.8. The van der Waals surface area contributed by atoms with Crippen LogP contribution in [0.4, 0.5) is 10.1 Å². The molecule has 1 saturated heterocycles. The van der Waals surface area contributed by atoms with Gasteiger partial charge in [-0.1, -0.05) is 6.42 Å². The number of halogens is 2. The monoisotopic (exact) mass is 336 g/mol. The number of anilines is 1. The molecule has 2 rings (SSSR count). The minimum atomic E-state index is -3.62. The molecule has 0 aromatic heterocycles. The molecule has 1 heterocycles. The van der Waals surface area contributed by atoms with E-state index in [0.717, 1.165) is 25.3 Å². The van der Waals surface area contributed by atoms with E-state index in [2.05, 4.69) is 15.9 Å². The van der Waals surface area contributed by atoms with Crippen molar-refractivity contribution >= 4 is 31.6 Å². The predicted molar refractivity (Wildman–Crippen MR) is 71.1 cm³/mol. The van der Waals surface area contributed by atoms with Gasteiger partial charge < -0.3 is 5.73 Å². The number of sulfonamides is 1. The second-order valence-corrected chi connectivity index (χ2v) is 7.03. The third kappa shape index (κ3) is 2.53. The van der Waals surface area contributed by atoms with Gasteiger partial charge >= 0.3 is 0 Å². The summed E-state index contributed by atoms with van der Waals surface area (Å²) in [6.07, 6.45) is 2.73. The van der Waals surface area contributed by atoms with Gasteiger partial charge in [-0.15, -0.1) is 0 Å². The number of nitrogen functional groups attached to an aromatic ring is 1. The zero-order valence-electron chi connectivity index (χ0n) is 9.70. The van der Waals surface area contributed by atoms with E-state index >= 15 is 0 Å². The van der Waals surface area contributed by atoms with Gasteiger partial charge in [0.05, 0.1) is 10.2 Å². The third-order valence-corrected chi connectivity index (χ3v) is 5.55. The van der Waals surface area contributed by atoms with Crippen LogP contribution in [-0.2, 0) is 10.0 Å². The lowest BCUT2D eigenvalue weighted by Crippen LogP contribution is -2.36. The Morgan fingerprint density at radius 1 is 1.22 bits per heavy atom. The summed E-state index contributed by atoms with van der Waals surface area (Å²) in [5.41, 5.74) is 5.56. The third-order valence-electron chi connectivity index (χ3n) is 2.99. The van der Waals surface area contributed by atoms with Crippen LogP contribution < -0.4 is 5.73 Å². The van der Waals surface area contributed by atoms with Crippen LogP contribution in [0.5, 0.6) is 0 Å². The number of rotatable bonds is 2. The Balaban J connectivity index is 2.43. The van der Waals surface area contributed by atoms with Crippen LogP contribution in [0.3, 0.4) is 0 Å². The Labute approximate surface area is 114 Å². The molecule has 1 aromatic carbocycles. The van der Waals surface area contributed by atoms with E-state index in [1.807, 2.05) is 0 Å². The van der Waals surface area contributed by atoms with Crippen molar-refractivity contribution < 1.29 is 12.8 Å². The lowest BCUT2D eigenvalue weighted by atomic mass is 10.2. The van der Waals surface area contributed by atoms with Gasteiger partial charge in [-0.25, -0.2) is 12.8 Å². The zero-order valence-corrected chi connectivity index (χ0v) is 12.1. The maximum Gasteiger partial charge on any atom is 0.245 e. The summed E-state index contributed by atoms with van der Waals surface area (Å²) < 4.78 is 39.5. The van der Waals surface area contributed by atoms with Crippen molar-refractivity contribution in [2.75, 3.05) is 18.8 Å². The summed E-state index contributed by atoms with van der Waals surface area (Å²) in [5, 5.41) is 0. The molecule has 0 saturated carbocycles. The summed E-state index contributed by atoms with van der Waals surface area (Å²) in [6.45, 7) is 0.994. The highest BCUT2D eigenvalue weighted by molar-refractivity contribution is 9.10. The average Bonchev–Trinajstić information content (AvgIpc) is 2.34. The minimum Gasteiger partial charge on any atom is -0.398 e. The molecule has 1 aromatic rings. The van der Waals surface area contributed by atoms with Crippen LogP contribution in [0, 0.1) is 5.82 Å². The van der Waals surface area contributed by atoms with Crippen molar-refractivity contribution in [2.24, 2.45) is 0 Å². The zero-order chi connectivity index (χ0) is 13.3. The van der Waals surface area contributed by atoms with E-state index < -0.39 is 15.8 Å². The Bertz CT molecular complexity index is 556. The smallest absolute Gasteiger partial charge is 0.245 e. The van der Waals surface area contributed by atoms with Crippen molar-refractivity contribution in [3.05, 3.63) is 22.4 Å². The molecule has 4 nitrogen and oxygen atoms in total. The molecule has 1 fully saturated rings. The first-order chi connectivity index (χ1) is 8.43. The molecular formula is C11H14BrFN2O2S. The molecule has 7 heteroatoms. The molecular weight excluding hydrogens is 323 g/mol. The summed E-state index contributed by atoms with van der Waals surface area (Å²) in [6, 6.07) is 2.26. The van der Waals surface area contributed by atoms with Gasteiger partial charge in [-0.3, -0.25) is 0 Å². The Morgan fingerprint density at radius 3 is 2.44 bits per heavy atom. The highest BCUT2D eigenvalue weighted by atomic mass is 79.9. The molecule has 2 N–H and O–H groups in total. The first-order valence-electron chi connectivity index (χ1n) is 5.67. The van der Waals surface area contributed by atoms with E-state index in [4.69, 9.17) is 5.73 Å². The molecule has 0 bridgehead atoms. The Morgan fingerprint density at radius 2 is 1.83 bits per heavy atom. The molecule has 0 unspecified atom stereocenters. The van der Waals surface area contributed by atoms with Crippen molar-refractivity contribution in [2.45, 2.75) is 24.2 Å². The van der Waals surface area contributed by atoms with Gasteiger partial charge in [0.1, 0.15) is 10.7 Å². The van der Waals surface area contributed by atoms with Crippen molar-refractivity contribution in [1.82, 2.24) is 4.31 Å². The number of benzene rings is 1. The molecule has 0 spiro atoms. The summed E-state index contributed by atoms with van der Waals surface area (Å²) >= 11 is 2.98. The van der Waals surface area contributed by atoms with Gasteiger partial charge in [-0.2, -0.15) is 4.31 Å². The molecule has 1 aliphatic heterocycles. The second-order valence-electron chi connectivity index (χ2n) is 4.27. The molecule has 100 valence electrons. The SMILES string of the molecule is Nc1cc(F)c(Br)cc1S(=O)(=O)N1CCCCC1. The van der Waals surface area contributed by atoms with Gasteiger partial charge in [0.15, 0.2) is 0 Å². The minimum absolute atomic E-state index is 0.0299. The maximum absolute atomic E-state index is 13.3. The molecule has 1 aliphatic rings. The van der Waals surface area contributed by atoms with Crippen molar-refractivity contribution in [3.63, 3.8) is 0 Å². The quantitative estimate of drug-likeness (QED) is 0.843. The van der Waals surface area contributed by atoms with Crippen molar-refractivity contribution in [3.8, 4) is 0 Å². The normalized spacial score (nSPS) is 17.9. The Kier molecular flexibility index (Phi) is 3.93. The van der Waals surface area contributed by atoms with Gasteiger partial charge in [0.25, 0.3) is 0 Å². The summed E-state index contributed by atoms with van der Waals surface area (Å²) in [5.74, 6) is -0.565. The highest BCUT2D eigenvalue weighted by Gasteiger charge is 2.28. The number of hydrogen-bond donors (Lipinski definition) is 1. The van der Waals surface area contributed by atoms with Crippen LogP contribution in [-0.4, -0.2) is 25.8 Å². The first-order valence-corrected chi connectivity index (χ1v) is 7.91. The van der Waals surface area contributed by atoms with E-state index in [0.29, 0.717) is 13.1 Å². The largest absolute Gasteiger partial charge is 0.398 e. The van der Waals surface area contributed by atoms with Gasteiger partial charge in [-0.05, 0) is 40.9 Å². The van der Waals surface area contributed by atoms with E-state index in [1.54, 1.807) is 0 Å². The van der Waals surface area contributed by atoms with Crippen LogP contribution in [0.25, 0.3) is 0 Å². The number of nitrogens with two attached hydrogens (primary N) is 1. The van der Waals surface area contributed by atoms with Crippen LogP contribution >= 0.6 is 15.9 Å². The number of hydrogen-bond acceptors (Lipinski definition) is 3. The number of piperidine rings is 1. The van der Waals surface area contributed by atoms with E-state index in [-0.39, 0.29) is 15.1 Å². The molecule has 0 radical (unpaired) electrons. The highest BCUT2D eigenvalue weighted by Crippen LogP contribution is 2.29. The second kappa shape index (κ2) is 5.14. The fraction of sp³-hybridized carbons (Fsp3) is 0.455. The van der Waals surface area contributed by atoms with Crippen LogP contribution in [0.1, 0.15) is 19.3 Å². The topological polar surface area (TPSA) is 63.4 Å². The van der Waals surface area contributed by atoms with E-state index in [9.17, 15) is 12.8 Å². The summed E-state index contributed by atoms with van der Waals surface area (Å²) in [4.78, 5) is -0.0299. The lowest BCUT2D eigenvalue weighted by molar-refractivity contribution is 0.347. The lowest BCUT2D eigenvalue weighted by Gasteiger charge is -2.26. The van der Waals surface area contributed by atoms with Crippen molar-refractivity contribution in [1.29, 1.82) is 0 Å². The fourth-order valence-corrected chi connectivity index (χ4v) is 4.15. The van der Waals surface area contributed by atoms with E-state index in [1.165, 1.54) is 10.4 Å². The molecule has 18 heavy (non-hydrogen) atoms.